The van der Waals surface area contributed by atoms with Crippen molar-refractivity contribution in [2.75, 3.05) is 6.61 Å². The molecule has 1 aromatic carbocycles. The molecule has 0 aliphatic heterocycles. The third-order valence-electron chi connectivity index (χ3n) is 4.96. The second kappa shape index (κ2) is 8.97. The van der Waals surface area contributed by atoms with E-state index in [9.17, 15) is 4.79 Å². The van der Waals surface area contributed by atoms with Gasteiger partial charge >= 0.3 is 0 Å². The fourth-order valence-electron chi connectivity index (χ4n) is 3.05. The van der Waals surface area contributed by atoms with E-state index in [0.717, 1.165) is 37.1 Å². The van der Waals surface area contributed by atoms with Gasteiger partial charge in [-0.05, 0) is 68.4 Å². The van der Waals surface area contributed by atoms with Crippen molar-refractivity contribution in [2.45, 2.75) is 52.0 Å². The number of aliphatic hydroxyl groups is 1. The fraction of sp³-hybridized carbons (Fsp3) is 0.476. The van der Waals surface area contributed by atoms with Crippen molar-refractivity contribution >= 4 is 5.78 Å². The summed E-state index contributed by atoms with van der Waals surface area (Å²) in [7, 11) is 1.93. The summed E-state index contributed by atoms with van der Waals surface area (Å²) in [5, 5.41) is 9.01. The lowest BCUT2D eigenvalue weighted by molar-refractivity contribution is 0.0972. The van der Waals surface area contributed by atoms with Gasteiger partial charge in [-0.2, -0.15) is 0 Å². The van der Waals surface area contributed by atoms with E-state index in [-0.39, 0.29) is 18.4 Å². The Morgan fingerprint density at radius 2 is 1.92 bits per heavy atom. The van der Waals surface area contributed by atoms with Crippen LogP contribution in [0, 0.1) is 13.8 Å². The Hall–Kier alpha value is -1.91. The molecule has 1 unspecified atom stereocenters. The van der Waals surface area contributed by atoms with Crippen molar-refractivity contribution < 1.29 is 9.90 Å². The standard InChI is InChI=1S/C21H30N2O2/c1-15-7-8-17(13-16(15)2)5-4-6-21(25)20-12-11-19(23(20)3)10-9-18(22)14-24/h7-8,11-13,18,24H,4-6,9-10,14,22H2,1-3H3. The zero-order valence-electron chi connectivity index (χ0n) is 15.6. The van der Waals surface area contributed by atoms with Crippen molar-refractivity contribution in [3.05, 3.63) is 58.4 Å². The van der Waals surface area contributed by atoms with Crippen LogP contribution in [-0.4, -0.2) is 28.1 Å². The summed E-state index contributed by atoms with van der Waals surface area (Å²) in [5.41, 5.74) is 11.5. The number of carbonyl (C=O) groups excluding carboxylic acids is 1. The lowest BCUT2D eigenvalue weighted by Gasteiger charge is -2.10. The summed E-state index contributed by atoms with van der Waals surface area (Å²) >= 11 is 0. The molecule has 1 heterocycles. The number of nitrogens with zero attached hydrogens (tertiary/aromatic N) is 1. The molecule has 0 aliphatic rings. The topological polar surface area (TPSA) is 68.2 Å². The molecule has 1 aromatic heterocycles. The van der Waals surface area contributed by atoms with Crippen molar-refractivity contribution in [1.29, 1.82) is 0 Å². The van der Waals surface area contributed by atoms with Crippen molar-refractivity contribution in [1.82, 2.24) is 4.57 Å². The van der Waals surface area contributed by atoms with Gasteiger partial charge in [0.05, 0.1) is 12.3 Å². The van der Waals surface area contributed by atoms with Crippen molar-refractivity contribution in [3.63, 3.8) is 0 Å². The normalized spacial score (nSPS) is 12.4. The highest BCUT2D eigenvalue weighted by molar-refractivity contribution is 5.94. The van der Waals surface area contributed by atoms with Crippen LogP contribution in [0.1, 0.15) is 52.1 Å². The van der Waals surface area contributed by atoms with E-state index < -0.39 is 0 Å². The maximum Gasteiger partial charge on any atom is 0.179 e. The Morgan fingerprint density at radius 3 is 2.60 bits per heavy atom. The molecule has 2 rings (SSSR count). The highest BCUT2D eigenvalue weighted by atomic mass is 16.3. The largest absolute Gasteiger partial charge is 0.395 e. The number of hydrogen-bond donors (Lipinski definition) is 2. The number of rotatable bonds is 9. The lowest BCUT2D eigenvalue weighted by Crippen LogP contribution is -2.25. The summed E-state index contributed by atoms with van der Waals surface area (Å²) in [6.45, 7) is 4.23. The third kappa shape index (κ3) is 5.28. The smallest absolute Gasteiger partial charge is 0.179 e. The van der Waals surface area contributed by atoms with Crippen LogP contribution in [0.3, 0.4) is 0 Å². The third-order valence-corrected chi connectivity index (χ3v) is 4.96. The van der Waals surface area contributed by atoms with Gasteiger partial charge in [0.25, 0.3) is 0 Å². The Bertz CT molecular complexity index is 719. The van der Waals surface area contributed by atoms with E-state index in [1.54, 1.807) is 0 Å². The molecule has 2 aromatic rings. The molecule has 3 N–H and O–H groups in total. The van der Waals surface area contributed by atoms with E-state index in [2.05, 4.69) is 32.0 Å². The summed E-state index contributed by atoms with van der Waals surface area (Å²) < 4.78 is 1.96. The van der Waals surface area contributed by atoms with E-state index in [4.69, 9.17) is 10.8 Å². The first kappa shape index (κ1) is 19.4. The van der Waals surface area contributed by atoms with E-state index in [1.165, 1.54) is 16.7 Å². The average Bonchev–Trinajstić information content (AvgIpc) is 2.96. The number of ketones is 1. The molecule has 0 fully saturated rings. The Morgan fingerprint density at radius 1 is 1.16 bits per heavy atom. The van der Waals surface area contributed by atoms with Crippen LogP contribution in [0.5, 0.6) is 0 Å². The predicted octanol–water partition coefficient (Wildman–Crippen LogP) is 3.10. The van der Waals surface area contributed by atoms with Gasteiger partial charge in [-0.3, -0.25) is 4.79 Å². The van der Waals surface area contributed by atoms with Gasteiger partial charge in [0.15, 0.2) is 5.78 Å². The molecule has 0 saturated carbocycles. The number of aliphatic hydroxyl groups excluding tert-OH is 1. The molecular weight excluding hydrogens is 312 g/mol. The minimum atomic E-state index is -0.202. The second-order valence-electron chi connectivity index (χ2n) is 6.95. The molecule has 136 valence electrons. The molecule has 25 heavy (non-hydrogen) atoms. The molecule has 1 atom stereocenters. The first-order valence-corrected chi connectivity index (χ1v) is 9.02. The lowest BCUT2D eigenvalue weighted by atomic mass is 10.0. The van der Waals surface area contributed by atoms with Crippen molar-refractivity contribution in [3.8, 4) is 0 Å². The second-order valence-corrected chi connectivity index (χ2v) is 6.95. The molecule has 4 nitrogen and oxygen atoms in total. The zero-order valence-corrected chi connectivity index (χ0v) is 15.6. The summed E-state index contributed by atoms with van der Waals surface area (Å²) in [4.78, 5) is 12.5. The SMILES string of the molecule is Cc1ccc(CCCC(=O)c2ccc(CCC(N)CO)n2C)cc1C. The molecular formula is C21H30N2O2. The number of Topliss-reactive ketones (excluding diaryl/α,β-unsaturated/α-hetero) is 1. The van der Waals surface area contributed by atoms with Gasteiger partial charge < -0.3 is 15.4 Å². The Kier molecular flexibility index (Phi) is 6.97. The quantitative estimate of drug-likeness (QED) is 0.688. The highest BCUT2D eigenvalue weighted by Gasteiger charge is 2.13. The van der Waals surface area contributed by atoms with Gasteiger partial charge in [-0.25, -0.2) is 0 Å². The van der Waals surface area contributed by atoms with Crippen LogP contribution in [0.4, 0.5) is 0 Å². The van der Waals surface area contributed by atoms with Gasteiger partial charge in [0.2, 0.25) is 0 Å². The fourth-order valence-corrected chi connectivity index (χ4v) is 3.05. The maximum absolute atomic E-state index is 12.5. The first-order valence-electron chi connectivity index (χ1n) is 9.02. The molecule has 0 bridgehead atoms. The average molecular weight is 342 g/mol. The molecule has 0 radical (unpaired) electrons. The predicted molar refractivity (Wildman–Crippen MR) is 102 cm³/mol. The minimum Gasteiger partial charge on any atom is -0.395 e. The highest BCUT2D eigenvalue weighted by Crippen LogP contribution is 2.16. The summed E-state index contributed by atoms with van der Waals surface area (Å²) in [6.07, 6.45) is 3.83. The maximum atomic E-state index is 12.5. The minimum absolute atomic E-state index is 0.00526. The van der Waals surface area contributed by atoms with Crippen LogP contribution in [-0.2, 0) is 19.9 Å². The molecule has 0 amide bonds. The zero-order chi connectivity index (χ0) is 18.4. The first-order chi connectivity index (χ1) is 11.9. The summed E-state index contributed by atoms with van der Waals surface area (Å²) in [5.74, 6) is 0.184. The van der Waals surface area contributed by atoms with Crippen LogP contribution in [0.25, 0.3) is 0 Å². The van der Waals surface area contributed by atoms with Gasteiger partial charge in [-0.1, -0.05) is 18.2 Å². The van der Waals surface area contributed by atoms with E-state index >= 15 is 0 Å². The molecule has 0 spiro atoms. The van der Waals surface area contributed by atoms with Gasteiger partial charge in [-0.15, -0.1) is 0 Å². The molecule has 4 heteroatoms. The van der Waals surface area contributed by atoms with Gasteiger partial charge in [0, 0.05) is 25.2 Å². The van der Waals surface area contributed by atoms with E-state index in [1.807, 2.05) is 23.7 Å². The monoisotopic (exact) mass is 342 g/mol. The van der Waals surface area contributed by atoms with Crippen LogP contribution in [0.2, 0.25) is 0 Å². The van der Waals surface area contributed by atoms with Gasteiger partial charge in [0.1, 0.15) is 0 Å². The Balaban J connectivity index is 1.88. The van der Waals surface area contributed by atoms with Crippen LogP contribution in [0.15, 0.2) is 30.3 Å². The number of nitrogens with two attached hydrogens (primary N) is 1. The summed E-state index contributed by atoms with van der Waals surface area (Å²) in [6, 6.07) is 10.2. The number of aromatic nitrogens is 1. The van der Waals surface area contributed by atoms with Crippen molar-refractivity contribution in [2.24, 2.45) is 12.8 Å². The van der Waals surface area contributed by atoms with Crippen LogP contribution < -0.4 is 5.73 Å². The number of carbonyl (C=O) groups is 1. The number of hydrogen-bond acceptors (Lipinski definition) is 3. The molecule has 0 saturated heterocycles. The Labute approximate surface area is 150 Å². The van der Waals surface area contributed by atoms with E-state index in [0.29, 0.717) is 6.42 Å². The molecule has 0 aliphatic carbocycles. The van der Waals surface area contributed by atoms with Crippen LogP contribution >= 0.6 is 0 Å². The number of aryl methyl sites for hydroxylation is 4. The number of benzene rings is 1.